The largest absolute Gasteiger partial charge is 0.457 e. The first-order chi connectivity index (χ1) is 7.97. The van der Waals surface area contributed by atoms with Crippen molar-refractivity contribution in [3.63, 3.8) is 0 Å². The molecule has 0 N–H and O–H groups in total. The molecule has 0 radical (unpaired) electrons. The summed E-state index contributed by atoms with van der Waals surface area (Å²) in [5, 5.41) is 0. The first kappa shape index (κ1) is 13.2. The minimum atomic E-state index is -0.440. The van der Waals surface area contributed by atoms with Gasteiger partial charge in [-0.05, 0) is 26.3 Å². The molecule has 0 bridgehead atoms. The second-order valence-electron chi connectivity index (χ2n) is 4.66. The maximum Gasteiger partial charge on any atom is 0.331 e. The molecular formula is C15H18O2. The van der Waals surface area contributed by atoms with E-state index in [0.717, 1.165) is 5.56 Å². The summed E-state index contributed by atoms with van der Waals surface area (Å²) >= 11 is 0. The van der Waals surface area contributed by atoms with Crippen LogP contribution in [0.5, 0.6) is 0 Å². The number of allylic oxidation sites excluding steroid dienone is 2. The standard InChI is InChI=1S/C15H18O2/c1-15(2,3)17-14(16)12-8-7-11-13-9-5-4-6-10-13/h4-12H,1-3H3/b11-7+,12-8-. The van der Waals surface area contributed by atoms with Crippen LogP contribution in [0.1, 0.15) is 26.3 Å². The highest BCUT2D eigenvalue weighted by atomic mass is 16.6. The molecule has 90 valence electrons. The Labute approximate surface area is 103 Å². The zero-order valence-corrected chi connectivity index (χ0v) is 10.5. The number of benzene rings is 1. The van der Waals surface area contributed by atoms with Crippen LogP contribution >= 0.6 is 0 Å². The van der Waals surface area contributed by atoms with Gasteiger partial charge >= 0.3 is 5.97 Å². The van der Waals surface area contributed by atoms with Crippen molar-refractivity contribution in [2.75, 3.05) is 0 Å². The third-order valence-electron chi connectivity index (χ3n) is 1.84. The number of ether oxygens (including phenoxy) is 1. The lowest BCUT2D eigenvalue weighted by molar-refractivity contribution is -0.148. The fourth-order valence-corrected chi connectivity index (χ4v) is 1.20. The summed E-state index contributed by atoms with van der Waals surface area (Å²) in [6, 6.07) is 9.90. The molecule has 0 atom stereocenters. The lowest BCUT2D eigenvalue weighted by atomic mass is 10.2. The van der Waals surface area contributed by atoms with Gasteiger partial charge < -0.3 is 4.74 Å². The third-order valence-corrected chi connectivity index (χ3v) is 1.84. The molecule has 0 amide bonds. The first-order valence-electron chi connectivity index (χ1n) is 5.60. The Bertz CT molecular complexity index is 408. The van der Waals surface area contributed by atoms with Crippen LogP contribution in [0, 0.1) is 0 Å². The van der Waals surface area contributed by atoms with Crippen molar-refractivity contribution in [3.05, 3.63) is 54.1 Å². The number of hydrogen-bond acceptors (Lipinski definition) is 2. The summed E-state index contributed by atoms with van der Waals surface area (Å²) < 4.78 is 5.13. The van der Waals surface area contributed by atoms with E-state index < -0.39 is 5.60 Å². The summed E-state index contributed by atoms with van der Waals surface area (Å²) in [7, 11) is 0. The highest BCUT2D eigenvalue weighted by Gasteiger charge is 2.13. The molecule has 1 rings (SSSR count). The van der Waals surface area contributed by atoms with Crippen LogP contribution in [0.4, 0.5) is 0 Å². The number of carbonyl (C=O) groups excluding carboxylic acids is 1. The maximum atomic E-state index is 11.3. The highest BCUT2D eigenvalue weighted by Crippen LogP contribution is 2.07. The Balaban J connectivity index is 2.46. The third kappa shape index (κ3) is 6.36. The molecule has 0 aliphatic carbocycles. The van der Waals surface area contributed by atoms with Gasteiger partial charge in [-0.3, -0.25) is 0 Å². The number of hydrogen-bond donors (Lipinski definition) is 0. The first-order valence-corrected chi connectivity index (χ1v) is 5.60. The van der Waals surface area contributed by atoms with E-state index in [1.807, 2.05) is 63.3 Å². The van der Waals surface area contributed by atoms with Crippen molar-refractivity contribution >= 4 is 12.0 Å². The van der Waals surface area contributed by atoms with Crippen LogP contribution < -0.4 is 0 Å². The van der Waals surface area contributed by atoms with Gasteiger partial charge in [0.25, 0.3) is 0 Å². The van der Waals surface area contributed by atoms with Gasteiger partial charge in [0.1, 0.15) is 5.60 Å². The van der Waals surface area contributed by atoms with Gasteiger partial charge in [0.05, 0.1) is 0 Å². The summed E-state index contributed by atoms with van der Waals surface area (Å²) in [6.45, 7) is 5.54. The normalized spacial score (nSPS) is 12.2. The zero-order valence-electron chi connectivity index (χ0n) is 10.5. The Hall–Kier alpha value is -1.83. The van der Waals surface area contributed by atoms with Crippen molar-refractivity contribution in [1.29, 1.82) is 0 Å². The van der Waals surface area contributed by atoms with E-state index in [9.17, 15) is 4.79 Å². The number of rotatable bonds is 3. The predicted octanol–water partition coefficient (Wildman–Crippen LogP) is 3.60. The monoisotopic (exact) mass is 230 g/mol. The minimum Gasteiger partial charge on any atom is -0.457 e. The smallest absolute Gasteiger partial charge is 0.331 e. The van der Waals surface area contributed by atoms with Crippen LogP contribution in [0.15, 0.2) is 48.6 Å². The van der Waals surface area contributed by atoms with Crippen LogP contribution in [0.2, 0.25) is 0 Å². The molecule has 2 nitrogen and oxygen atoms in total. The van der Waals surface area contributed by atoms with E-state index in [-0.39, 0.29) is 5.97 Å². The molecule has 0 saturated carbocycles. The van der Waals surface area contributed by atoms with Gasteiger partial charge in [0.2, 0.25) is 0 Å². The fourth-order valence-electron chi connectivity index (χ4n) is 1.20. The van der Waals surface area contributed by atoms with E-state index in [2.05, 4.69) is 0 Å². The highest BCUT2D eigenvalue weighted by molar-refractivity contribution is 5.82. The van der Waals surface area contributed by atoms with Crippen LogP contribution in [0.25, 0.3) is 6.08 Å². The Kier molecular flexibility index (Phi) is 4.70. The Morgan fingerprint density at radius 3 is 2.35 bits per heavy atom. The van der Waals surface area contributed by atoms with Gasteiger partial charge in [-0.15, -0.1) is 0 Å². The van der Waals surface area contributed by atoms with Crippen LogP contribution in [-0.4, -0.2) is 11.6 Å². The molecule has 0 heterocycles. The Morgan fingerprint density at radius 1 is 1.12 bits per heavy atom. The Morgan fingerprint density at radius 2 is 1.76 bits per heavy atom. The number of esters is 1. The minimum absolute atomic E-state index is 0.324. The molecular weight excluding hydrogens is 212 g/mol. The molecule has 0 saturated heterocycles. The van der Waals surface area contributed by atoms with Crippen molar-refractivity contribution in [3.8, 4) is 0 Å². The van der Waals surface area contributed by atoms with Crippen LogP contribution in [0.3, 0.4) is 0 Å². The van der Waals surface area contributed by atoms with Crippen molar-refractivity contribution in [1.82, 2.24) is 0 Å². The summed E-state index contributed by atoms with van der Waals surface area (Å²) in [6.07, 6.45) is 6.85. The van der Waals surface area contributed by atoms with Gasteiger partial charge in [-0.25, -0.2) is 4.79 Å². The SMILES string of the molecule is CC(C)(C)OC(=O)/C=C\C=C\c1ccccc1. The lowest BCUT2D eigenvalue weighted by Crippen LogP contribution is -2.22. The van der Waals surface area contributed by atoms with E-state index >= 15 is 0 Å². The van der Waals surface area contributed by atoms with E-state index in [1.165, 1.54) is 6.08 Å². The molecule has 17 heavy (non-hydrogen) atoms. The molecule has 1 aromatic rings. The van der Waals surface area contributed by atoms with Crippen LogP contribution in [-0.2, 0) is 9.53 Å². The zero-order chi connectivity index (χ0) is 12.7. The van der Waals surface area contributed by atoms with E-state index in [1.54, 1.807) is 6.08 Å². The molecule has 0 fully saturated rings. The van der Waals surface area contributed by atoms with E-state index in [0.29, 0.717) is 0 Å². The second-order valence-corrected chi connectivity index (χ2v) is 4.66. The topological polar surface area (TPSA) is 26.3 Å². The number of carbonyl (C=O) groups is 1. The summed E-state index contributed by atoms with van der Waals surface area (Å²) in [5.74, 6) is -0.324. The lowest BCUT2D eigenvalue weighted by Gasteiger charge is -2.17. The van der Waals surface area contributed by atoms with Crippen molar-refractivity contribution in [2.24, 2.45) is 0 Å². The molecule has 0 aliphatic rings. The quantitative estimate of drug-likeness (QED) is 0.450. The molecule has 0 aromatic heterocycles. The maximum absolute atomic E-state index is 11.3. The van der Waals surface area contributed by atoms with Gasteiger partial charge in [-0.1, -0.05) is 48.6 Å². The predicted molar refractivity (Wildman–Crippen MR) is 70.5 cm³/mol. The molecule has 0 unspecified atom stereocenters. The molecule has 0 aliphatic heterocycles. The summed E-state index contributed by atoms with van der Waals surface area (Å²) in [5.41, 5.74) is 0.659. The molecule has 2 heteroatoms. The average Bonchev–Trinajstić information content (AvgIpc) is 2.23. The fraction of sp³-hybridized carbons (Fsp3) is 0.267. The van der Waals surface area contributed by atoms with Gasteiger partial charge in [0.15, 0.2) is 0 Å². The molecule has 1 aromatic carbocycles. The van der Waals surface area contributed by atoms with Gasteiger partial charge in [0, 0.05) is 6.08 Å². The summed E-state index contributed by atoms with van der Waals surface area (Å²) in [4.78, 5) is 11.3. The van der Waals surface area contributed by atoms with Crippen molar-refractivity contribution < 1.29 is 9.53 Å². The van der Waals surface area contributed by atoms with Crippen molar-refractivity contribution in [2.45, 2.75) is 26.4 Å². The molecule has 0 spiro atoms. The second kappa shape index (κ2) is 6.04. The average molecular weight is 230 g/mol. The van der Waals surface area contributed by atoms with E-state index in [4.69, 9.17) is 4.74 Å². The van der Waals surface area contributed by atoms with Gasteiger partial charge in [-0.2, -0.15) is 0 Å².